The van der Waals surface area contributed by atoms with Crippen LogP contribution in [0.15, 0.2) is 6.20 Å². The second kappa shape index (κ2) is 3.98. The van der Waals surface area contributed by atoms with Gasteiger partial charge in [0.1, 0.15) is 11.3 Å². The van der Waals surface area contributed by atoms with Gasteiger partial charge in [0.2, 0.25) is 0 Å². The Morgan fingerprint density at radius 2 is 2.36 bits per heavy atom. The van der Waals surface area contributed by atoms with Gasteiger partial charge in [-0.1, -0.05) is 0 Å². The number of ether oxygens (including phenoxy) is 1. The molecule has 0 spiro atoms. The van der Waals surface area contributed by atoms with Crippen molar-refractivity contribution in [3.63, 3.8) is 0 Å². The van der Waals surface area contributed by atoms with Gasteiger partial charge in [0.05, 0.1) is 13.3 Å². The molecule has 0 amide bonds. The molecule has 0 aliphatic rings. The van der Waals surface area contributed by atoms with E-state index in [1.54, 1.807) is 32.0 Å². The summed E-state index contributed by atoms with van der Waals surface area (Å²) in [5.41, 5.74) is 5.09. The molecule has 0 aliphatic heterocycles. The first-order valence-corrected chi connectivity index (χ1v) is 4.52. The van der Waals surface area contributed by atoms with E-state index < -0.39 is 5.60 Å². The number of aryl methyl sites for hydroxylation is 1. The van der Waals surface area contributed by atoms with Crippen LogP contribution in [-0.2, 0) is 12.6 Å². The minimum Gasteiger partial charge on any atom is -0.493 e. The quantitative estimate of drug-likeness (QED) is 0.715. The summed E-state index contributed by atoms with van der Waals surface area (Å²) in [7, 11) is 3.32. The first-order valence-electron chi connectivity index (χ1n) is 4.52. The number of hydrogen-bond donors (Lipinski definition) is 2. The predicted octanol–water partition coefficient (Wildman–Crippen LogP) is -0.0150. The summed E-state index contributed by atoms with van der Waals surface area (Å²) in [5.74, 6) is 0.589. The van der Waals surface area contributed by atoms with E-state index in [1.807, 2.05) is 0 Å². The zero-order chi connectivity index (χ0) is 10.8. The van der Waals surface area contributed by atoms with Crippen molar-refractivity contribution < 1.29 is 9.84 Å². The van der Waals surface area contributed by atoms with E-state index in [4.69, 9.17) is 10.5 Å². The maximum atomic E-state index is 10.1. The molecule has 1 aromatic heterocycles. The van der Waals surface area contributed by atoms with Gasteiger partial charge in [-0.25, -0.2) is 0 Å². The molecule has 0 bridgehead atoms. The third-order valence-corrected chi connectivity index (χ3v) is 2.27. The molecule has 3 N–H and O–H groups in total. The van der Waals surface area contributed by atoms with E-state index in [0.29, 0.717) is 24.4 Å². The monoisotopic (exact) mass is 199 g/mol. The number of methoxy groups -OCH3 is 1. The third kappa shape index (κ3) is 1.88. The molecule has 0 radical (unpaired) electrons. The maximum Gasteiger partial charge on any atom is 0.162 e. The standard InChI is InChI=1S/C9H17N3O2/c1-9(13,4-5-10)8-7(14-3)6-11-12(8)2/h6,13H,4-5,10H2,1-3H3. The van der Waals surface area contributed by atoms with E-state index in [1.165, 1.54) is 0 Å². The van der Waals surface area contributed by atoms with Crippen molar-refractivity contribution in [2.45, 2.75) is 18.9 Å². The molecule has 5 heteroatoms. The van der Waals surface area contributed by atoms with Crippen molar-refractivity contribution in [2.24, 2.45) is 12.8 Å². The molecular formula is C9H17N3O2. The van der Waals surface area contributed by atoms with Gasteiger partial charge in [0.15, 0.2) is 5.75 Å². The van der Waals surface area contributed by atoms with Crippen LogP contribution in [0.3, 0.4) is 0 Å². The van der Waals surface area contributed by atoms with Gasteiger partial charge in [-0.2, -0.15) is 5.10 Å². The molecule has 14 heavy (non-hydrogen) atoms. The van der Waals surface area contributed by atoms with Gasteiger partial charge in [-0.15, -0.1) is 0 Å². The number of nitrogens with zero attached hydrogens (tertiary/aromatic N) is 2. The van der Waals surface area contributed by atoms with E-state index in [2.05, 4.69) is 5.10 Å². The summed E-state index contributed by atoms with van der Waals surface area (Å²) in [6, 6.07) is 0. The Kier molecular flexibility index (Phi) is 3.13. The molecule has 0 saturated heterocycles. The zero-order valence-corrected chi connectivity index (χ0v) is 8.82. The highest BCUT2D eigenvalue weighted by Gasteiger charge is 2.29. The molecule has 1 heterocycles. The van der Waals surface area contributed by atoms with Crippen molar-refractivity contribution in [1.82, 2.24) is 9.78 Å². The van der Waals surface area contributed by atoms with Gasteiger partial charge < -0.3 is 15.6 Å². The van der Waals surface area contributed by atoms with E-state index in [-0.39, 0.29) is 0 Å². The van der Waals surface area contributed by atoms with E-state index in [9.17, 15) is 5.11 Å². The predicted molar refractivity (Wildman–Crippen MR) is 53.0 cm³/mol. The minimum atomic E-state index is -0.995. The highest BCUT2D eigenvalue weighted by molar-refractivity contribution is 5.30. The molecule has 5 nitrogen and oxygen atoms in total. The summed E-state index contributed by atoms with van der Waals surface area (Å²) in [6.45, 7) is 2.13. The topological polar surface area (TPSA) is 73.3 Å². The lowest BCUT2D eigenvalue weighted by Crippen LogP contribution is -2.28. The summed E-state index contributed by atoms with van der Waals surface area (Å²) < 4.78 is 6.72. The summed E-state index contributed by atoms with van der Waals surface area (Å²) >= 11 is 0. The fraction of sp³-hybridized carbons (Fsp3) is 0.667. The van der Waals surface area contributed by atoms with Crippen LogP contribution in [0.5, 0.6) is 5.75 Å². The average Bonchev–Trinajstić information content (AvgIpc) is 2.47. The molecule has 1 aromatic rings. The Labute approximate surface area is 83.5 Å². The Morgan fingerprint density at radius 3 is 2.86 bits per heavy atom. The van der Waals surface area contributed by atoms with E-state index >= 15 is 0 Å². The number of nitrogens with two attached hydrogens (primary N) is 1. The molecule has 80 valence electrons. The van der Waals surface area contributed by atoms with Crippen LogP contribution >= 0.6 is 0 Å². The average molecular weight is 199 g/mol. The summed E-state index contributed by atoms with van der Waals surface area (Å²) in [5, 5.41) is 14.2. The van der Waals surface area contributed by atoms with E-state index in [0.717, 1.165) is 0 Å². The van der Waals surface area contributed by atoms with Crippen LogP contribution in [0.25, 0.3) is 0 Å². The van der Waals surface area contributed by atoms with Gasteiger partial charge in [-0.3, -0.25) is 4.68 Å². The van der Waals surface area contributed by atoms with Crippen molar-refractivity contribution in [3.8, 4) is 5.75 Å². The lowest BCUT2D eigenvalue weighted by Gasteiger charge is -2.23. The molecule has 1 unspecified atom stereocenters. The Bertz CT molecular complexity index is 307. The minimum absolute atomic E-state index is 0.418. The number of aromatic nitrogens is 2. The SMILES string of the molecule is COc1cnn(C)c1C(C)(O)CCN. The normalized spacial score (nSPS) is 15.2. The van der Waals surface area contributed by atoms with Crippen LogP contribution in [-0.4, -0.2) is 28.5 Å². The van der Waals surface area contributed by atoms with Crippen molar-refractivity contribution in [3.05, 3.63) is 11.9 Å². The van der Waals surface area contributed by atoms with Crippen LogP contribution in [0.2, 0.25) is 0 Å². The van der Waals surface area contributed by atoms with Gasteiger partial charge >= 0.3 is 0 Å². The number of aliphatic hydroxyl groups is 1. The number of hydrogen-bond acceptors (Lipinski definition) is 4. The maximum absolute atomic E-state index is 10.1. The van der Waals surface area contributed by atoms with Crippen LogP contribution < -0.4 is 10.5 Å². The van der Waals surface area contributed by atoms with Crippen molar-refractivity contribution in [2.75, 3.05) is 13.7 Å². The van der Waals surface area contributed by atoms with Crippen molar-refractivity contribution >= 4 is 0 Å². The van der Waals surface area contributed by atoms with Gasteiger partial charge in [-0.05, 0) is 19.9 Å². The smallest absolute Gasteiger partial charge is 0.162 e. The fourth-order valence-corrected chi connectivity index (χ4v) is 1.58. The van der Waals surface area contributed by atoms with Gasteiger partial charge in [0.25, 0.3) is 0 Å². The molecule has 0 aromatic carbocycles. The number of rotatable bonds is 4. The molecule has 0 fully saturated rings. The molecular weight excluding hydrogens is 182 g/mol. The molecule has 1 rings (SSSR count). The first-order chi connectivity index (χ1) is 6.53. The second-order valence-corrected chi connectivity index (χ2v) is 3.50. The van der Waals surface area contributed by atoms with Crippen LogP contribution in [0.4, 0.5) is 0 Å². The fourth-order valence-electron chi connectivity index (χ4n) is 1.58. The second-order valence-electron chi connectivity index (χ2n) is 3.50. The highest BCUT2D eigenvalue weighted by Crippen LogP contribution is 2.31. The first kappa shape index (κ1) is 11.0. The van der Waals surface area contributed by atoms with Crippen LogP contribution in [0, 0.1) is 0 Å². The Morgan fingerprint density at radius 1 is 1.71 bits per heavy atom. The summed E-state index contributed by atoms with van der Waals surface area (Å²) in [4.78, 5) is 0. The van der Waals surface area contributed by atoms with Crippen LogP contribution in [0.1, 0.15) is 19.0 Å². The lowest BCUT2D eigenvalue weighted by atomic mass is 9.97. The molecule has 0 aliphatic carbocycles. The largest absolute Gasteiger partial charge is 0.493 e. The highest BCUT2D eigenvalue weighted by atomic mass is 16.5. The molecule has 0 saturated carbocycles. The Hall–Kier alpha value is -1.07. The van der Waals surface area contributed by atoms with Crippen molar-refractivity contribution in [1.29, 1.82) is 0 Å². The lowest BCUT2D eigenvalue weighted by molar-refractivity contribution is 0.0394. The summed E-state index contributed by atoms with van der Waals surface area (Å²) in [6.07, 6.45) is 2.06. The Balaban J connectivity index is 3.08. The van der Waals surface area contributed by atoms with Gasteiger partial charge in [0, 0.05) is 7.05 Å². The molecule has 1 atom stereocenters. The third-order valence-electron chi connectivity index (χ3n) is 2.27. The zero-order valence-electron chi connectivity index (χ0n) is 8.82.